The first-order valence-electron chi connectivity index (χ1n) is 5.92. The minimum Gasteiger partial charge on any atom is -0.462 e. The van der Waals surface area contributed by atoms with E-state index in [1.807, 2.05) is 19.2 Å². The maximum Gasteiger partial charge on any atom is 0.129 e. The number of hydrogen-bond acceptors (Lipinski definition) is 3. The lowest BCUT2D eigenvalue weighted by molar-refractivity contribution is 0.161. The number of methoxy groups -OCH3 is 1. The van der Waals surface area contributed by atoms with Crippen LogP contribution < -0.4 is 5.32 Å². The molecule has 0 aliphatic heterocycles. The van der Waals surface area contributed by atoms with Crippen LogP contribution in [0.25, 0.3) is 0 Å². The lowest BCUT2D eigenvalue weighted by Gasteiger charge is -2.14. The average Bonchev–Trinajstić information content (AvgIpc) is 2.68. The Balaban J connectivity index is 2.56. The fraction of sp³-hybridized carbons (Fsp3) is 0.692. The highest BCUT2D eigenvalue weighted by Gasteiger charge is 2.14. The fourth-order valence-corrected chi connectivity index (χ4v) is 1.73. The van der Waals surface area contributed by atoms with Crippen molar-refractivity contribution in [3.63, 3.8) is 0 Å². The first-order chi connectivity index (χ1) is 7.67. The molecular weight excluding hydrogens is 202 g/mol. The van der Waals surface area contributed by atoms with Crippen molar-refractivity contribution in [2.45, 2.75) is 39.3 Å². The van der Waals surface area contributed by atoms with Crippen molar-refractivity contribution in [1.29, 1.82) is 0 Å². The fourth-order valence-electron chi connectivity index (χ4n) is 1.73. The zero-order valence-corrected chi connectivity index (χ0v) is 10.7. The summed E-state index contributed by atoms with van der Waals surface area (Å²) in [6, 6.07) is 4.34. The van der Waals surface area contributed by atoms with Crippen LogP contribution in [0.4, 0.5) is 0 Å². The van der Waals surface area contributed by atoms with Crippen molar-refractivity contribution in [2.24, 2.45) is 5.92 Å². The molecule has 1 unspecified atom stereocenters. The van der Waals surface area contributed by atoms with Crippen molar-refractivity contribution in [3.8, 4) is 0 Å². The van der Waals surface area contributed by atoms with Crippen LogP contribution in [0.15, 0.2) is 16.5 Å². The summed E-state index contributed by atoms with van der Waals surface area (Å²) in [5.74, 6) is 2.63. The van der Waals surface area contributed by atoms with Crippen LogP contribution in [0, 0.1) is 5.92 Å². The van der Waals surface area contributed by atoms with Crippen LogP contribution in [-0.4, -0.2) is 14.2 Å². The van der Waals surface area contributed by atoms with Crippen LogP contribution in [-0.2, 0) is 11.3 Å². The topological polar surface area (TPSA) is 34.4 Å². The number of furan rings is 1. The van der Waals surface area contributed by atoms with E-state index in [1.54, 1.807) is 7.11 Å². The molecular formula is C13H23NO2. The molecule has 0 saturated heterocycles. The van der Waals surface area contributed by atoms with Crippen molar-refractivity contribution in [1.82, 2.24) is 5.32 Å². The van der Waals surface area contributed by atoms with Gasteiger partial charge in [0.15, 0.2) is 0 Å². The molecule has 1 N–H and O–H groups in total. The van der Waals surface area contributed by atoms with Crippen molar-refractivity contribution < 1.29 is 9.15 Å². The zero-order valence-electron chi connectivity index (χ0n) is 10.7. The number of rotatable bonds is 7. The van der Waals surface area contributed by atoms with Crippen LogP contribution in [0.2, 0.25) is 0 Å². The molecule has 1 aromatic rings. The molecule has 3 heteroatoms. The number of hydrogen-bond donors (Lipinski definition) is 1. The molecule has 16 heavy (non-hydrogen) atoms. The number of nitrogens with one attached hydrogen (secondary N) is 1. The molecule has 0 aromatic carbocycles. The Morgan fingerprint density at radius 3 is 2.62 bits per heavy atom. The molecule has 3 nitrogen and oxygen atoms in total. The van der Waals surface area contributed by atoms with Gasteiger partial charge < -0.3 is 14.5 Å². The van der Waals surface area contributed by atoms with Gasteiger partial charge in [-0.3, -0.25) is 0 Å². The Labute approximate surface area is 98.2 Å². The predicted molar refractivity (Wildman–Crippen MR) is 65.3 cm³/mol. The summed E-state index contributed by atoms with van der Waals surface area (Å²) in [6.45, 7) is 5.02. The molecule has 92 valence electrons. The Morgan fingerprint density at radius 2 is 2.06 bits per heavy atom. The molecule has 0 radical (unpaired) electrons. The lowest BCUT2D eigenvalue weighted by Crippen LogP contribution is -2.16. The highest BCUT2D eigenvalue weighted by Crippen LogP contribution is 2.22. The standard InChI is InChI=1S/C13H23NO2/c1-10(2)5-7-12(14-3)13-8-6-11(16-13)9-15-4/h6,8,10,12,14H,5,7,9H2,1-4H3. The average molecular weight is 225 g/mol. The zero-order chi connectivity index (χ0) is 12.0. The van der Waals surface area contributed by atoms with Crippen LogP contribution in [0.5, 0.6) is 0 Å². The van der Waals surface area contributed by atoms with E-state index < -0.39 is 0 Å². The van der Waals surface area contributed by atoms with E-state index in [1.165, 1.54) is 6.42 Å². The molecule has 0 amide bonds. The van der Waals surface area contributed by atoms with Crippen molar-refractivity contribution >= 4 is 0 Å². The minimum atomic E-state index is 0.313. The quantitative estimate of drug-likeness (QED) is 0.774. The second-order valence-electron chi connectivity index (χ2n) is 4.55. The van der Waals surface area contributed by atoms with E-state index in [0.29, 0.717) is 12.6 Å². The SMILES string of the molecule is CNC(CCC(C)C)c1ccc(COC)o1. The summed E-state index contributed by atoms with van der Waals surface area (Å²) in [5.41, 5.74) is 0. The smallest absolute Gasteiger partial charge is 0.129 e. The Morgan fingerprint density at radius 1 is 1.31 bits per heavy atom. The summed E-state index contributed by atoms with van der Waals surface area (Å²) < 4.78 is 10.8. The summed E-state index contributed by atoms with van der Waals surface area (Å²) in [7, 11) is 3.65. The van der Waals surface area contributed by atoms with Gasteiger partial charge in [0.2, 0.25) is 0 Å². The van der Waals surface area contributed by atoms with Gasteiger partial charge in [-0.15, -0.1) is 0 Å². The summed E-state index contributed by atoms with van der Waals surface area (Å²) in [6.07, 6.45) is 2.31. The second kappa shape index (κ2) is 6.71. The third kappa shape index (κ3) is 3.99. The first kappa shape index (κ1) is 13.3. The van der Waals surface area contributed by atoms with Crippen molar-refractivity contribution in [3.05, 3.63) is 23.7 Å². The summed E-state index contributed by atoms with van der Waals surface area (Å²) >= 11 is 0. The van der Waals surface area contributed by atoms with Gasteiger partial charge >= 0.3 is 0 Å². The highest BCUT2D eigenvalue weighted by atomic mass is 16.5. The van der Waals surface area contributed by atoms with Crippen molar-refractivity contribution in [2.75, 3.05) is 14.2 Å². The van der Waals surface area contributed by atoms with Gasteiger partial charge in [0.05, 0.1) is 6.04 Å². The van der Waals surface area contributed by atoms with E-state index in [-0.39, 0.29) is 0 Å². The van der Waals surface area contributed by atoms with Gasteiger partial charge in [-0.2, -0.15) is 0 Å². The van der Waals surface area contributed by atoms with Crippen LogP contribution >= 0.6 is 0 Å². The second-order valence-corrected chi connectivity index (χ2v) is 4.55. The molecule has 1 aromatic heterocycles. The monoisotopic (exact) mass is 225 g/mol. The van der Waals surface area contributed by atoms with Gasteiger partial charge in [-0.05, 0) is 37.9 Å². The maximum atomic E-state index is 5.72. The van der Waals surface area contributed by atoms with Gasteiger partial charge in [-0.25, -0.2) is 0 Å². The first-order valence-corrected chi connectivity index (χ1v) is 5.92. The Kier molecular flexibility index (Phi) is 5.56. The van der Waals surface area contributed by atoms with Gasteiger partial charge in [0, 0.05) is 7.11 Å². The third-order valence-electron chi connectivity index (χ3n) is 2.69. The Hall–Kier alpha value is -0.800. The predicted octanol–water partition coefficient (Wildman–Crippen LogP) is 3.12. The van der Waals surface area contributed by atoms with E-state index >= 15 is 0 Å². The number of ether oxygens (including phenoxy) is 1. The van der Waals surface area contributed by atoms with E-state index in [9.17, 15) is 0 Å². The third-order valence-corrected chi connectivity index (χ3v) is 2.69. The van der Waals surface area contributed by atoms with E-state index in [0.717, 1.165) is 23.9 Å². The summed E-state index contributed by atoms with van der Waals surface area (Å²) in [4.78, 5) is 0. The van der Waals surface area contributed by atoms with Gasteiger partial charge in [0.25, 0.3) is 0 Å². The molecule has 0 fully saturated rings. The van der Waals surface area contributed by atoms with E-state index in [4.69, 9.17) is 9.15 Å². The molecule has 1 heterocycles. The molecule has 0 bridgehead atoms. The lowest BCUT2D eigenvalue weighted by atomic mass is 10.0. The van der Waals surface area contributed by atoms with Crippen LogP contribution in [0.3, 0.4) is 0 Å². The van der Waals surface area contributed by atoms with E-state index in [2.05, 4.69) is 19.2 Å². The Bertz CT molecular complexity index is 294. The molecule has 0 saturated carbocycles. The molecule has 1 atom stereocenters. The largest absolute Gasteiger partial charge is 0.462 e. The van der Waals surface area contributed by atoms with Crippen LogP contribution in [0.1, 0.15) is 44.3 Å². The molecule has 0 spiro atoms. The highest BCUT2D eigenvalue weighted by molar-refractivity contribution is 5.10. The molecule has 0 aliphatic carbocycles. The van der Waals surface area contributed by atoms with Gasteiger partial charge in [0.1, 0.15) is 18.1 Å². The minimum absolute atomic E-state index is 0.313. The summed E-state index contributed by atoms with van der Waals surface area (Å²) in [5, 5.41) is 3.29. The maximum absolute atomic E-state index is 5.72. The normalized spacial score (nSPS) is 13.3. The van der Waals surface area contributed by atoms with Gasteiger partial charge in [-0.1, -0.05) is 13.8 Å². The molecule has 0 aliphatic rings. The molecule has 1 rings (SSSR count).